The quantitative estimate of drug-likeness (QED) is 0.451. The number of hydrogen-bond donors (Lipinski definition) is 0. The van der Waals surface area contributed by atoms with Gasteiger partial charge in [0, 0.05) is 24.0 Å². The number of hydrogen-bond acceptors (Lipinski definition) is 6. The minimum atomic E-state index is -3.78. The Bertz CT molecular complexity index is 1410. The Hall–Kier alpha value is -3.78. The SMILES string of the molecule is O=S(=O)(c1ccccc1)n1cc(-c2nnc(-c3cccnc3)o2)c2ccccc21. The first kappa shape index (κ1) is 17.3. The fraction of sp³-hybridized carbons (Fsp3) is 0. The third-order valence-electron chi connectivity index (χ3n) is 4.54. The molecule has 0 aliphatic heterocycles. The first-order valence-corrected chi connectivity index (χ1v) is 10.2. The fourth-order valence-corrected chi connectivity index (χ4v) is 4.55. The van der Waals surface area contributed by atoms with E-state index in [9.17, 15) is 8.42 Å². The van der Waals surface area contributed by atoms with Crippen molar-refractivity contribution in [2.75, 3.05) is 0 Å². The molecule has 5 aromatic rings. The molecule has 0 fully saturated rings. The second kappa shape index (κ2) is 6.68. The van der Waals surface area contributed by atoms with Crippen LogP contribution in [0.3, 0.4) is 0 Å². The van der Waals surface area contributed by atoms with Gasteiger partial charge in [0.25, 0.3) is 10.0 Å². The number of aromatic nitrogens is 4. The van der Waals surface area contributed by atoms with E-state index in [0.29, 0.717) is 27.9 Å². The van der Waals surface area contributed by atoms with Gasteiger partial charge in [-0.2, -0.15) is 0 Å². The molecule has 0 saturated heterocycles. The molecule has 5 rings (SSSR count). The van der Waals surface area contributed by atoms with Crippen molar-refractivity contribution in [3.05, 3.63) is 85.3 Å². The normalized spacial score (nSPS) is 11.7. The molecule has 2 aromatic carbocycles. The van der Waals surface area contributed by atoms with E-state index in [1.165, 1.54) is 10.2 Å². The summed E-state index contributed by atoms with van der Waals surface area (Å²) < 4.78 is 33.5. The van der Waals surface area contributed by atoms with Crippen molar-refractivity contribution in [1.29, 1.82) is 0 Å². The molecular weight excluding hydrogens is 388 g/mol. The molecule has 0 amide bonds. The molecule has 3 aromatic heterocycles. The van der Waals surface area contributed by atoms with Crippen molar-refractivity contribution in [3.63, 3.8) is 0 Å². The number of nitrogens with zero attached hydrogens (tertiary/aromatic N) is 4. The van der Waals surface area contributed by atoms with Crippen molar-refractivity contribution in [3.8, 4) is 22.9 Å². The Balaban J connectivity index is 1.69. The van der Waals surface area contributed by atoms with Crippen LogP contribution >= 0.6 is 0 Å². The summed E-state index contributed by atoms with van der Waals surface area (Å²) in [6, 6.07) is 19.1. The molecule has 0 unspecified atom stereocenters. The minimum absolute atomic E-state index is 0.203. The Kier molecular flexibility index (Phi) is 3.99. The molecule has 0 aliphatic carbocycles. The molecule has 29 heavy (non-hydrogen) atoms. The van der Waals surface area contributed by atoms with Crippen LogP contribution < -0.4 is 0 Å². The molecule has 0 saturated carbocycles. The average molecular weight is 402 g/mol. The van der Waals surface area contributed by atoms with Crippen LogP contribution in [0.2, 0.25) is 0 Å². The summed E-state index contributed by atoms with van der Waals surface area (Å²) in [5.74, 6) is 0.554. The van der Waals surface area contributed by atoms with Gasteiger partial charge >= 0.3 is 0 Å². The zero-order valence-electron chi connectivity index (χ0n) is 15.0. The van der Waals surface area contributed by atoms with Crippen LogP contribution in [0, 0.1) is 0 Å². The first-order chi connectivity index (χ1) is 14.1. The maximum absolute atomic E-state index is 13.2. The molecule has 0 aliphatic rings. The second-order valence-electron chi connectivity index (χ2n) is 6.33. The van der Waals surface area contributed by atoms with Crippen LogP contribution in [0.25, 0.3) is 33.8 Å². The first-order valence-electron chi connectivity index (χ1n) is 8.79. The van der Waals surface area contributed by atoms with Gasteiger partial charge in [0.15, 0.2) is 0 Å². The third kappa shape index (κ3) is 2.90. The number of fused-ring (bicyclic) bond motifs is 1. The summed E-state index contributed by atoms with van der Waals surface area (Å²) in [5, 5.41) is 8.91. The van der Waals surface area contributed by atoms with E-state index >= 15 is 0 Å². The number of rotatable bonds is 4. The van der Waals surface area contributed by atoms with Crippen LogP contribution in [0.15, 0.2) is 94.6 Å². The van der Waals surface area contributed by atoms with Gasteiger partial charge in [0.05, 0.1) is 21.5 Å². The fourth-order valence-electron chi connectivity index (χ4n) is 3.16. The van der Waals surface area contributed by atoms with E-state index in [4.69, 9.17) is 4.42 Å². The highest BCUT2D eigenvalue weighted by Gasteiger charge is 2.23. The van der Waals surface area contributed by atoms with Crippen LogP contribution in [0.5, 0.6) is 0 Å². The number of para-hydroxylation sites is 1. The molecule has 0 radical (unpaired) electrons. The molecular formula is C21H14N4O3S. The molecule has 0 atom stereocenters. The van der Waals surface area contributed by atoms with Crippen molar-refractivity contribution in [2.24, 2.45) is 0 Å². The predicted molar refractivity (Wildman–Crippen MR) is 107 cm³/mol. The van der Waals surface area contributed by atoms with Gasteiger partial charge in [-0.3, -0.25) is 4.98 Å². The monoisotopic (exact) mass is 402 g/mol. The van der Waals surface area contributed by atoms with Crippen molar-refractivity contribution in [1.82, 2.24) is 19.2 Å². The van der Waals surface area contributed by atoms with Crippen LogP contribution in [-0.2, 0) is 10.0 Å². The third-order valence-corrected chi connectivity index (χ3v) is 6.23. The van der Waals surface area contributed by atoms with Crippen LogP contribution in [0.4, 0.5) is 0 Å². The molecule has 8 heteroatoms. The maximum Gasteiger partial charge on any atom is 0.268 e. The van der Waals surface area contributed by atoms with Gasteiger partial charge in [-0.1, -0.05) is 36.4 Å². The average Bonchev–Trinajstić information content (AvgIpc) is 3.40. The van der Waals surface area contributed by atoms with E-state index in [1.54, 1.807) is 60.9 Å². The summed E-state index contributed by atoms with van der Waals surface area (Å²) >= 11 is 0. The van der Waals surface area contributed by atoms with Gasteiger partial charge in [0.1, 0.15) is 0 Å². The lowest BCUT2D eigenvalue weighted by Gasteiger charge is -2.07. The van der Waals surface area contributed by atoms with Gasteiger partial charge in [-0.15, -0.1) is 10.2 Å². The summed E-state index contributed by atoms with van der Waals surface area (Å²) in [5.41, 5.74) is 1.77. The largest absolute Gasteiger partial charge is 0.416 e. The second-order valence-corrected chi connectivity index (χ2v) is 8.14. The standard InChI is InChI=1S/C21H14N4O3S/c26-29(27,16-8-2-1-3-9-16)25-14-18(17-10-4-5-11-19(17)25)21-24-23-20(28-21)15-7-6-12-22-13-15/h1-14H. The lowest BCUT2D eigenvalue weighted by atomic mass is 10.2. The highest BCUT2D eigenvalue weighted by Crippen LogP contribution is 2.33. The molecule has 0 bridgehead atoms. The van der Waals surface area contributed by atoms with E-state index in [0.717, 1.165) is 0 Å². The van der Waals surface area contributed by atoms with Crippen LogP contribution in [0.1, 0.15) is 0 Å². The predicted octanol–water partition coefficient (Wildman–Crippen LogP) is 3.99. The van der Waals surface area contributed by atoms with Gasteiger partial charge in [-0.05, 0) is 30.3 Å². The zero-order valence-corrected chi connectivity index (χ0v) is 15.8. The van der Waals surface area contributed by atoms with E-state index in [2.05, 4.69) is 15.2 Å². The Morgan fingerprint density at radius 1 is 0.828 bits per heavy atom. The Morgan fingerprint density at radius 2 is 1.59 bits per heavy atom. The molecule has 3 heterocycles. The minimum Gasteiger partial charge on any atom is -0.416 e. The maximum atomic E-state index is 13.2. The number of benzene rings is 2. The number of pyridine rings is 1. The smallest absolute Gasteiger partial charge is 0.268 e. The highest BCUT2D eigenvalue weighted by molar-refractivity contribution is 7.90. The zero-order chi connectivity index (χ0) is 19.8. The van der Waals surface area contributed by atoms with Crippen molar-refractivity contribution >= 4 is 20.9 Å². The van der Waals surface area contributed by atoms with Crippen LogP contribution in [-0.4, -0.2) is 27.6 Å². The summed E-state index contributed by atoms with van der Waals surface area (Å²) in [4.78, 5) is 4.25. The van der Waals surface area contributed by atoms with E-state index in [1.807, 2.05) is 18.2 Å². The van der Waals surface area contributed by atoms with E-state index < -0.39 is 10.0 Å². The topological polar surface area (TPSA) is 90.9 Å². The summed E-state index contributed by atoms with van der Waals surface area (Å²) in [7, 11) is -3.78. The van der Waals surface area contributed by atoms with Crippen molar-refractivity contribution < 1.29 is 12.8 Å². The molecule has 142 valence electrons. The Morgan fingerprint density at radius 3 is 2.38 bits per heavy atom. The van der Waals surface area contributed by atoms with Gasteiger partial charge in [-0.25, -0.2) is 12.4 Å². The molecule has 0 spiro atoms. The highest BCUT2D eigenvalue weighted by atomic mass is 32.2. The summed E-state index contributed by atoms with van der Waals surface area (Å²) in [6.07, 6.45) is 4.80. The molecule has 0 N–H and O–H groups in total. The lowest BCUT2D eigenvalue weighted by Crippen LogP contribution is -2.11. The van der Waals surface area contributed by atoms with Gasteiger partial charge < -0.3 is 4.42 Å². The Labute approximate surface area is 166 Å². The van der Waals surface area contributed by atoms with Gasteiger partial charge in [0.2, 0.25) is 11.8 Å². The van der Waals surface area contributed by atoms with E-state index in [-0.39, 0.29) is 10.8 Å². The summed E-state index contributed by atoms with van der Waals surface area (Å²) in [6.45, 7) is 0. The molecule has 7 nitrogen and oxygen atoms in total. The lowest BCUT2D eigenvalue weighted by molar-refractivity contribution is 0.584. The van der Waals surface area contributed by atoms with Crippen molar-refractivity contribution in [2.45, 2.75) is 4.90 Å².